The van der Waals surface area contributed by atoms with Gasteiger partial charge in [-0.25, -0.2) is 17.5 Å². The van der Waals surface area contributed by atoms with Crippen molar-refractivity contribution in [3.8, 4) is 0 Å². The van der Waals surface area contributed by atoms with Crippen LogP contribution in [0.2, 0.25) is 0 Å². The van der Waals surface area contributed by atoms with Crippen molar-refractivity contribution in [1.29, 1.82) is 5.41 Å². The number of sulfonamides is 1. The van der Waals surface area contributed by atoms with Gasteiger partial charge in [0.2, 0.25) is 10.0 Å². The molecule has 1 aromatic carbocycles. The number of urea groups is 1. The van der Waals surface area contributed by atoms with E-state index in [2.05, 4.69) is 4.98 Å². The van der Waals surface area contributed by atoms with E-state index in [1.165, 1.54) is 4.31 Å². The first-order valence-corrected chi connectivity index (χ1v) is 12.9. The summed E-state index contributed by atoms with van der Waals surface area (Å²) >= 11 is 0. The molecule has 2 aliphatic rings. The maximum atomic E-state index is 13.5. The molecule has 33 heavy (non-hydrogen) atoms. The maximum absolute atomic E-state index is 13.5. The summed E-state index contributed by atoms with van der Waals surface area (Å²) in [6.45, 7) is 2.05. The molecule has 3 N–H and O–H groups in total. The minimum absolute atomic E-state index is 0.00427. The summed E-state index contributed by atoms with van der Waals surface area (Å²) < 4.78 is 27.2. The number of carbonyl (C=O) groups is 1. The Kier molecular flexibility index (Phi) is 6.94. The molecule has 10 heteroatoms. The van der Waals surface area contributed by atoms with Gasteiger partial charge in [-0.15, -0.1) is 0 Å². The average molecular weight is 471 g/mol. The molecule has 9 nitrogen and oxygen atoms in total. The Labute approximate surface area is 194 Å². The Morgan fingerprint density at radius 2 is 1.82 bits per heavy atom. The zero-order chi connectivity index (χ0) is 23.4. The van der Waals surface area contributed by atoms with Crippen LogP contribution in [0.4, 0.5) is 10.5 Å². The second-order valence-electron chi connectivity index (χ2n) is 8.51. The molecule has 176 valence electrons. The van der Waals surface area contributed by atoms with Gasteiger partial charge < -0.3 is 10.6 Å². The highest BCUT2D eigenvalue weighted by Gasteiger charge is 2.35. The third-order valence-corrected chi connectivity index (χ3v) is 8.10. The Bertz CT molecular complexity index is 1100. The molecular formula is C23H30N6O3S. The van der Waals surface area contributed by atoms with Gasteiger partial charge >= 0.3 is 6.03 Å². The second-order valence-corrected chi connectivity index (χ2v) is 10.5. The number of amidine groups is 1. The average Bonchev–Trinajstić information content (AvgIpc) is 3.01. The fraction of sp³-hybridized carbons (Fsp3) is 0.435. The summed E-state index contributed by atoms with van der Waals surface area (Å²) in [5.74, 6) is -0.142. The summed E-state index contributed by atoms with van der Waals surface area (Å²) in [4.78, 5) is 21.3. The highest BCUT2D eigenvalue weighted by Crippen LogP contribution is 2.26. The number of carbonyl (C=O) groups excluding carboxylic acids is 1. The highest BCUT2D eigenvalue weighted by atomic mass is 32.2. The van der Waals surface area contributed by atoms with Crippen LogP contribution in [0.25, 0.3) is 0 Å². The number of aromatic nitrogens is 1. The van der Waals surface area contributed by atoms with Crippen molar-refractivity contribution in [2.45, 2.75) is 37.5 Å². The summed E-state index contributed by atoms with van der Waals surface area (Å²) in [6, 6.07) is 12.4. The van der Waals surface area contributed by atoms with Crippen molar-refractivity contribution in [3.05, 3.63) is 59.9 Å². The topological polar surface area (TPSA) is 124 Å². The van der Waals surface area contributed by atoms with E-state index in [-0.39, 0.29) is 23.7 Å². The quantitative estimate of drug-likeness (QED) is 0.496. The van der Waals surface area contributed by atoms with E-state index in [1.807, 2.05) is 11.0 Å². The molecule has 2 fully saturated rings. The van der Waals surface area contributed by atoms with Gasteiger partial charge in [0.1, 0.15) is 11.6 Å². The van der Waals surface area contributed by atoms with Crippen molar-refractivity contribution in [2.24, 2.45) is 5.73 Å². The number of nitrogens with one attached hydrogen (secondary N) is 1. The second kappa shape index (κ2) is 9.88. The molecule has 1 aromatic heterocycles. The van der Waals surface area contributed by atoms with E-state index in [1.54, 1.807) is 47.5 Å². The van der Waals surface area contributed by atoms with Crippen LogP contribution in [0, 0.1) is 5.41 Å². The number of benzene rings is 1. The van der Waals surface area contributed by atoms with Crippen molar-refractivity contribution in [1.82, 2.24) is 14.2 Å². The van der Waals surface area contributed by atoms with Crippen LogP contribution in [0.5, 0.6) is 0 Å². The van der Waals surface area contributed by atoms with Crippen LogP contribution in [0.1, 0.15) is 36.9 Å². The molecule has 0 spiro atoms. The van der Waals surface area contributed by atoms with Crippen LogP contribution < -0.4 is 10.6 Å². The van der Waals surface area contributed by atoms with Gasteiger partial charge in [0.05, 0.1) is 5.69 Å². The number of anilines is 1. The molecule has 2 amide bonds. The fourth-order valence-corrected chi connectivity index (χ4v) is 6.01. The Morgan fingerprint density at radius 1 is 1.06 bits per heavy atom. The molecule has 0 unspecified atom stereocenters. The number of rotatable bonds is 6. The molecular weight excluding hydrogens is 440 g/mol. The first-order chi connectivity index (χ1) is 15.8. The lowest BCUT2D eigenvalue weighted by Gasteiger charge is -2.39. The van der Waals surface area contributed by atoms with Gasteiger partial charge in [-0.1, -0.05) is 18.2 Å². The van der Waals surface area contributed by atoms with Crippen LogP contribution in [0.3, 0.4) is 0 Å². The predicted octanol–water partition coefficient (Wildman–Crippen LogP) is 2.38. The highest BCUT2D eigenvalue weighted by molar-refractivity contribution is 7.88. The molecule has 0 aliphatic carbocycles. The maximum Gasteiger partial charge on any atom is 0.324 e. The van der Waals surface area contributed by atoms with Crippen molar-refractivity contribution < 1.29 is 13.2 Å². The first-order valence-electron chi connectivity index (χ1n) is 11.3. The predicted molar refractivity (Wildman–Crippen MR) is 128 cm³/mol. The van der Waals surface area contributed by atoms with E-state index in [0.29, 0.717) is 50.3 Å². The molecule has 2 aliphatic heterocycles. The Morgan fingerprint density at radius 3 is 2.52 bits per heavy atom. The molecule has 0 atom stereocenters. The standard InChI is InChI=1S/C23H30N6O3S/c24-22(25)18-6-5-8-21(16-18)29-13-4-3-12-28(23(29)30)20-9-14-27(15-10-20)33(31,32)17-19-7-1-2-11-26-19/h1-2,5-8,11,16,20H,3-4,9-10,12-15,17H2,(H3,24,25). The van der Waals surface area contributed by atoms with Crippen molar-refractivity contribution >= 4 is 27.6 Å². The summed E-state index contributed by atoms with van der Waals surface area (Å²) in [5.41, 5.74) is 7.48. The summed E-state index contributed by atoms with van der Waals surface area (Å²) in [5, 5.41) is 7.69. The van der Waals surface area contributed by atoms with Gasteiger partial charge in [-0.2, -0.15) is 0 Å². The SMILES string of the molecule is N=C(N)c1cccc(N2CCCCN(C3CCN(S(=O)(=O)Cc4ccccn4)CC3)C2=O)c1. The lowest BCUT2D eigenvalue weighted by atomic mass is 10.0. The molecule has 4 rings (SSSR count). The van der Waals surface area contributed by atoms with E-state index < -0.39 is 10.0 Å². The van der Waals surface area contributed by atoms with Crippen LogP contribution in [0.15, 0.2) is 48.7 Å². The zero-order valence-corrected chi connectivity index (χ0v) is 19.4. The molecule has 0 bridgehead atoms. The largest absolute Gasteiger partial charge is 0.384 e. The minimum atomic E-state index is -3.45. The van der Waals surface area contributed by atoms with Crippen LogP contribution in [-0.4, -0.2) is 66.7 Å². The Hall–Kier alpha value is -2.98. The third-order valence-electron chi connectivity index (χ3n) is 6.29. The molecule has 2 saturated heterocycles. The van der Waals surface area contributed by atoms with Gasteiger partial charge in [-0.3, -0.25) is 15.3 Å². The lowest BCUT2D eigenvalue weighted by molar-refractivity contribution is 0.153. The zero-order valence-electron chi connectivity index (χ0n) is 18.6. The number of nitrogens with two attached hydrogens (primary N) is 1. The number of amides is 2. The number of piperidine rings is 1. The number of hydrogen-bond acceptors (Lipinski definition) is 5. The monoisotopic (exact) mass is 470 g/mol. The fourth-order valence-electron chi connectivity index (χ4n) is 4.51. The number of pyridine rings is 1. The lowest BCUT2D eigenvalue weighted by Crippen LogP contribution is -2.52. The molecule has 0 saturated carbocycles. The van der Waals surface area contributed by atoms with Crippen LogP contribution >= 0.6 is 0 Å². The van der Waals surface area contributed by atoms with Crippen LogP contribution in [-0.2, 0) is 15.8 Å². The minimum Gasteiger partial charge on any atom is -0.384 e. The summed E-state index contributed by atoms with van der Waals surface area (Å²) in [6.07, 6.45) is 4.58. The van der Waals surface area contributed by atoms with Crippen molar-refractivity contribution in [3.63, 3.8) is 0 Å². The van der Waals surface area contributed by atoms with E-state index in [0.717, 1.165) is 18.5 Å². The number of nitrogens with zero attached hydrogens (tertiary/aromatic N) is 4. The van der Waals surface area contributed by atoms with E-state index in [4.69, 9.17) is 11.1 Å². The number of nitrogen functional groups attached to an aromatic ring is 1. The van der Waals surface area contributed by atoms with Gasteiger partial charge in [-0.05, 0) is 49.9 Å². The van der Waals surface area contributed by atoms with Gasteiger partial charge in [0, 0.05) is 49.7 Å². The van der Waals surface area contributed by atoms with E-state index >= 15 is 0 Å². The smallest absolute Gasteiger partial charge is 0.324 e. The third kappa shape index (κ3) is 5.33. The Balaban J connectivity index is 1.43. The summed E-state index contributed by atoms with van der Waals surface area (Å²) in [7, 11) is -3.45. The van der Waals surface area contributed by atoms with Gasteiger partial charge in [0.25, 0.3) is 0 Å². The normalized spacial score (nSPS) is 18.8. The van der Waals surface area contributed by atoms with E-state index in [9.17, 15) is 13.2 Å². The molecule has 3 heterocycles. The van der Waals surface area contributed by atoms with Crippen molar-refractivity contribution in [2.75, 3.05) is 31.1 Å². The molecule has 2 aromatic rings. The number of hydrogen-bond donors (Lipinski definition) is 2. The molecule has 0 radical (unpaired) electrons. The first kappa shape index (κ1) is 23.2. The van der Waals surface area contributed by atoms with Gasteiger partial charge in [0.15, 0.2) is 0 Å².